The Bertz CT molecular complexity index is 486. The number of esters is 1. The summed E-state index contributed by atoms with van der Waals surface area (Å²) >= 11 is 0. The number of methoxy groups -OCH3 is 1. The normalized spacial score (nSPS) is 20.9. The molecule has 0 radical (unpaired) electrons. The standard InChI is InChI=1S/C12H18N3O3P/c1-8-7-18-5-4-15(8)9(2)14-10-6-13-19-11(10)12(16)17-3/h6,8,19H,4-5,7H2,1-3H3. The average Bonchev–Trinajstić information content (AvgIpc) is 2.86. The van der Waals surface area contributed by atoms with Crippen LogP contribution in [0.2, 0.25) is 0 Å². The van der Waals surface area contributed by atoms with Crippen molar-refractivity contribution in [2.24, 2.45) is 4.99 Å². The van der Waals surface area contributed by atoms with Crippen LogP contribution in [0.4, 0.5) is 5.69 Å². The number of rotatable bonds is 2. The number of amidine groups is 1. The molecule has 0 N–H and O–H groups in total. The van der Waals surface area contributed by atoms with Crippen molar-refractivity contribution >= 4 is 25.8 Å². The first-order chi connectivity index (χ1) is 9.13. The molecule has 0 bridgehead atoms. The van der Waals surface area contributed by atoms with Crippen molar-refractivity contribution in [1.82, 2.24) is 9.65 Å². The van der Waals surface area contributed by atoms with Gasteiger partial charge >= 0.3 is 5.97 Å². The molecule has 1 aromatic rings. The smallest absolute Gasteiger partial charge is 0.345 e. The minimum absolute atomic E-state index is 0.0940. The van der Waals surface area contributed by atoms with Gasteiger partial charge in [-0.1, -0.05) is 0 Å². The quantitative estimate of drug-likeness (QED) is 0.469. The fourth-order valence-corrected chi connectivity index (χ4v) is 2.81. The number of carbonyl (C=O) groups excluding carboxylic acids is 1. The van der Waals surface area contributed by atoms with Crippen LogP contribution in [0.1, 0.15) is 23.9 Å². The van der Waals surface area contributed by atoms with E-state index < -0.39 is 0 Å². The van der Waals surface area contributed by atoms with Crippen molar-refractivity contribution in [1.29, 1.82) is 0 Å². The lowest BCUT2D eigenvalue weighted by Crippen LogP contribution is -2.46. The zero-order valence-electron chi connectivity index (χ0n) is 11.3. The van der Waals surface area contributed by atoms with E-state index >= 15 is 0 Å². The number of ether oxygens (including phenoxy) is 2. The molecule has 1 aliphatic rings. The van der Waals surface area contributed by atoms with Crippen LogP contribution in [0, 0.1) is 0 Å². The molecule has 1 aliphatic heterocycles. The highest BCUT2D eigenvalue weighted by Crippen LogP contribution is 2.27. The molecule has 1 aromatic heterocycles. The molecule has 1 fully saturated rings. The highest BCUT2D eigenvalue weighted by Gasteiger charge is 2.21. The van der Waals surface area contributed by atoms with Crippen LogP contribution in [-0.4, -0.2) is 54.4 Å². The summed E-state index contributed by atoms with van der Waals surface area (Å²) in [5.74, 6) is 0.530. The number of aromatic nitrogens is 1. The van der Waals surface area contributed by atoms with Gasteiger partial charge in [0, 0.05) is 6.54 Å². The molecule has 0 amide bonds. The van der Waals surface area contributed by atoms with Crippen molar-refractivity contribution in [3.63, 3.8) is 0 Å². The molecule has 6 nitrogen and oxygen atoms in total. The zero-order chi connectivity index (χ0) is 13.8. The molecule has 2 rings (SSSR count). The van der Waals surface area contributed by atoms with Gasteiger partial charge in [0.25, 0.3) is 0 Å². The van der Waals surface area contributed by atoms with E-state index in [0.29, 0.717) is 30.2 Å². The van der Waals surface area contributed by atoms with E-state index in [1.54, 1.807) is 6.20 Å². The Labute approximate surface area is 114 Å². The van der Waals surface area contributed by atoms with Crippen molar-refractivity contribution in [2.75, 3.05) is 26.9 Å². The van der Waals surface area contributed by atoms with Crippen LogP contribution in [-0.2, 0) is 9.47 Å². The maximum Gasteiger partial charge on any atom is 0.345 e. The number of nitrogens with zero attached hydrogens (tertiary/aromatic N) is 3. The molecule has 2 atom stereocenters. The van der Waals surface area contributed by atoms with Gasteiger partial charge in [-0.05, 0) is 22.2 Å². The van der Waals surface area contributed by atoms with Crippen LogP contribution in [0.3, 0.4) is 0 Å². The molecular formula is C12H18N3O3P. The Kier molecular flexibility index (Phi) is 4.56. The van der Waals surface area contributed by atoms with Crippen LogP contribution in [0.15, 0.2) is 11.2 Å². The Morgan fingerprint density at radius 1 is 1.68 bits per heavy atom. The topological polar surface area (TPSA) is 64.0 Å². The van der Waals surface area contributed by atoms with Gasteiger partial charge in [0.15, 0.2) is 0 Å². The summed E-state index contributed by atoms with van der Waals surface area (Å²) < 4.78 is 14.3. The van der Waals surface area contributed by atoms with Gasteiger partial charge in [0.1, 0.15) is 16.8 Å². The molecule has 19 heavy (non-hydrogen) atoms. The SMILES string of the molecule is COC(=O)c1[pH]ncc1N=C(C)N1CCOCC1C. The van der Waals surface area contributed by atoms with Gasteiger partial charge < -0.3 is 14.4 Å². The second-order valence-electron chi connectivity index (χ2n) is 4.40. The summed E-state index contributed by atoms with van der Waals surface area (Å²) in [6.45, 7) is 6.26. The van der Waals surface area contributed by atoms with E-state index in [1.165, 1.54) is 7.11 Å². The maximum atomic E-state index is 11.6. The number of morpholine rings is 1. The number of aliphatic imine (C=N–C) groups is 1. The Morgan fingerprint density at radius 2 is 2.47 bits per heavy atom. The largest absolute Gasteiger partial charge is 0.465 e. The molecule has 7 heteroatoms. The third kappa shape index (κ3) is 3.14. The lowest BCUT2D eigenvalue weighted by molar-refractivity contribution is 0.0330. The monoisotopic (exact) mass is 283 g/mol. The van der Waals surface area contributed by atoms with Gasteiger partial charge in [-0.3, -0.25) is 0 Å². The molecule has 0 spiro atoms. The summed E-state index contributed by atoms with van der Waals surface area (Å²) in [6, 6.07) is 0.292. The minimum atomic E-state index is -0.350. The number of carbonyl (C=O) groups is 1. The second-order valence-corrected chi connectivity index (χ2v) is 5.38. The van der Waals surface area contributed by atoms with Crippen LogP contribution >= 0.6 is 8.35 Å². The second kappa shape index (κ2) is 6.17. The van der Waals surface area contributed by atoms with Crippen LogP contribution in [0.25, 0.3) is 0 Å². The van der Waals surface area contributed by atoms with Gasteiger partial charge in [-0.25, -0.2) is 14.5 Å². The average molecular weight is 283 g/mol. The predicted molar refractivity (Wildman–Crippen MR) is 74.8 cm³/mol. The van der Waals surface area contributed by atoms with Crippen molar-refractivity contribution in [2.45, 2.75) is 19.9 Å². The van der Waals surface area contributed by atoms with E-state index in [9.17, 15) is 4.79 Å². The van der Waals surface area contributed by atoms with Gasteiger partial charge in [-0.15, -0.1) is 0 Å². The first kappa shape index (κ1) is 14.0. The fourth-order valence-electron chi connectivity index (χ4n) is 2.06. The van der Waals surface area contributed by atoms with Crippen molar-refractivity contribution in [3.8, 4) is 0 Å². The molecule has 2 heterocycles. The highest BCUT2D eigenvalue weighted by atomic mass is 31.0. The lowest BCUT2D eigenvalue weighted by Gasteiger charge is -2.34. The first-order valence-electron chi connectivity index (χ1n) is 6.15. The maximum absolute atomic E-state index is 11.6. The summed E-state index contributed by atoms with van der Waals surface area (Å²) in [7, 11) is 1.47. The lowest BCUT2D eigenvalue weighted by atomic mass is 10.2. The van der Waals surface area contributed by atoms with Crippen molar-refractivity contribution < 1.29 is 14.3 Å². The molecule has 2 unspecified atom stereocenters. The number of hydrogen-bond acceptors (Lipinski definition) is 5. The molecule has 0 saturated carbocycles. The van der Waals surface area contributed by atoms with Crippen molar-refractivity contribution in [3.05, 3.63) is 11.5 Å². The number of hydrogen-bond donors (Lipinski definition) is 0. The van der Waals surface area contributed by atoms with E-state index in [-0.39, 0.29) is 14.3 Å². The summed E-state index contributed by atoms with van der Waals surface area (Å²) in [6.07, 6.45) is 1.64. The Balaban J connectivity index is 2.20. The van der Waals surface area contributed by atoms with Gasteiger partial charge in [0.05, 0.1) is 32.6 Å². The zero-order valence-corrected chi connectivity index (χ0v) is 12.3. The van der Waals surface area contributed by atoms with Crippen LogP contribution in [0.5, 0.6) is 0 Å². The summed E-state index contributed by atoms with van der Waals surface area (Å²) in [5.41, 5.74) is 0.612. The van der Waals surface area contributed by atoms with Gasteiger partial charge in [-0.2, -0.15) is 0 Å². The third-order valence-corrected chi connectivity index (χ3v) is 4.02. The molecular weight excluding hydrogens is 265 g/mol. The van der Waals surface area contributed by atoms with E-state index in [1.807, 2.05) is 6.92 Å². The molecule has 0 aliphatic carbocycles. The molecule has 1 saturated heterocycles. The minimum Gasteiger partial charge on any atom is -0.465 e. The van der Waals surface area contributed by atoms with E-state index in [0.717, 1.165) is 12.4 Å². The van der Waals surface area contributed by atoms with Gasteiger partial charge in [0.2, 0.25) is 0 Å². The fraction of sp³-hybridized carbons (Fsp3) is 0.583. The summed E-state index contributed by atoms with van der Waals surface area (Å²) in [4.78, 5) is 18.3. The van der Waals surface area contributed by atoms with E-state index in [2.05, 4.69) is 21.6 Å². The predicted octanol–water partition coefficient (Wildman–Crippen LogP) is 1.67. The summed E-state index contributed by atoms with van der Waals surface area (Å²) in [5, 5.41) is 0.544. The Morgan fingerprint density at radius 3 is 3.16 bits per heavy atom. The molecule has 0 aromatic carbocycles. The first-order valence-corrected chi connectivity index (χ1v) is 7.09. The highest BCUT2D eigenvalue weighted by molar-refractivity contribution is 7.28. The molecule has 104 valence electrons. The third-order valence-electron chi connectivity index (χ3n) is 3.07. The van der Waals surface area contributed by atoms with E-state index in [4.69, 9.17) is 9.47 Å². The van der Waals surface area contributed by atoms with Crippen LogP contribution < -0.4 is 0 Å². The Hall–Kier alpha value is -1.39.